The first-order valence-corrected chi connectivity index (χ1v) is 5.52. The minimum Gasteiger partial charge on any atom is -0.342 e. The quantitative estimate of drug-likeness (QED) is 0.749. The summed E-state index contributed by atoms with van der Waals surface area (Å²) in [6.07, 6.45) is 3.71. The maximum atomic E-state index is 12.3. The van der Waals surface area contributed by atoms with Crippen LogP contribution in [0.1, 0.15) is 20.3 Å². The number of carbonyl (C=O) groups excluding carboxylic acids is 2. The molecule has 2 amide bonds. The number of aromatic nitrogens is 2. The van der Waals surface area contributed by atoms with Crippen LogP contribution in [0.25, 0.3) is 0 Å². The molecule has 2 heterocycles. The van der Waals surface area contributed by atoms with Crippen LogP contribution in [0.2, 0.25) is 0 Å². The van der Waals surface area contributed by atoms with Gasteiger partial charge in [0.05, 0.1) is 11.9 Å². The van der Waals surface area contributed by atoms with E-state index < -0.39 is 5.54 Å². The van der Waals surface area contributed by atoms with Crippen molar-refractivity contribution in [1.29, 1.82) is 0 Å². The minimum atomic E-state index is -0.872. The molecule has 1 saturated heterocycles. The van der Waals surface area contributed by atoms with Gasteiger partial charge in [-0.15, -0.1) is 0 Å². The zero-order valence-electron chi connectivity index (χ0n) is 10.2. The van der Waals surface area contributed by atoms with E-state index in [-0.39, 0.29) is 11.8 Å². The van der Waals surface area contributed by atoms with Gasteiger partial charge in [0.1, 0.15) is 5.54 Å². The number of nitrogens with zero attached hydrogens (tertiary/aromatic N) is 3. The molecule has 6 heteroatoms. The highest BCUT2D eigenvalue weighted by Crippen LogP contribution is 2.20. The van der Waals surface area contributed by atoms with Crippen molar-refractivity contribution in [2.24, 2.45) is 7.05 Å². The molecule has 0 bridgehead atoms. The Morgan fingerprint density at radius 2 is 2.12 bits per heavy atom. The molecule has 0 aromatic carbocycles. The number of hydrogen-bond acceptors (Lipinski definition) is 3. The number of rotatable bonds is 1. The first-order chi connectivity index (χ1) is 7.90. The topological polar surface area (TPSA) is 67.2 Å². The van der Waals surface area contributed by atoms with Crippen LogP contribution in [0, 0.1) is 0 Å². The molecule has 1 N–H and O–H groups in total. The molecule has 0 atom stereocenters. The Hall–Kier alpha value is -1.85. The molecule has 92 valence electrons. The fourth-order valence-corrected chi connectivity index (χ4v) is 1.91. The van der Waals surface area contributed by atoms with Gasteiger partial charge in [0, 0.05) is 26.2 Å². The van der Waals surface area contributed by atoms with Crippen LogP contribution in [0.3, 0.4) is 0 Å². The number of amides is 2. The molecule has 17 heavy (non-hydrogen) atoms. The standard InChI is InChI=1S/C11H16N4O2/c1-11(2)10(17)15(5-4-9(16)13-11)8-6-12-14(3)7-8/h6-7H,4-5H2,1-3H3,(H,13,16). The van der Waals surface area contributed by atoms with Gasteiger partial charge in [0.15, 0.2) is 0 Å². The molecule has 1 aliphatic heterocycles. The van der Waals surface area contributed by atoms with Gasteiger partial charge in [0.25, 0.3) is 5.91 Å². The second-order valence-electron chi connectivity index (χ2n) is 4.75. The zero-order chi connectivity index (χ0) is 12.6. The highest BCUT2D eigenvalue weighted by atomic mass is 16.2. The molecule has 1 aromatic heterocycles. The summed E-state index contributed by atoms with van der Waals surface area (Å²) >= 11 is 0. The molecular formula is C11H16N4O2. The van der Waals surface area contributed by atoms with E-state index >= 15 is 0 Å². The van der Waals surface area contributed by atoms with Crippen molar-refractivity contribution in [2.45, 2.75) is 25.8 Å². The Morgan fingerprint density at radius 1 is 1.41 bits per heavy atom. The van der Waals surface area contributed by atoms with Gasteiger partial charge in [-0.2, -0.15) is 5.10 Å². The van der Waals surface area contributed by atoms with Crippen molar-refractivity contribution in [3.05, 3.63) is 12.4 Å². The fourth-order valence-electron chi connectivity index (χ4n) is 1.91. The Bertz CT molecular complexity index is 464. The van der Waals surface area contributed by atoms with Crippen LogP contribution in [0.4, 0.5) is 5.69 Å². The minimum absolute atomic E-state index is 0.102. The summed E-state index contributed by atoms with van der Waals surface area (Å²) in [5, 5.41) is 6.76. The van der Waals surface area contributed by atoms with Crippen LogP contribution in [-0.4, -0.2) is 33.7 Å². The van der Waals surface area contributed by atoms with Crippen molar-refractivity contribution >= 4 is 17.5 Å². The van der Waals surface area contributed by atoms with Crippen molar-refractivity contribution < 1.29 is 9.59 Å². The predicted octanol–water partition coefficient (Wildman–Crippen LogP) is 0.0516. The summed E-state index contributed by atoms with van der Waals surface area (Å²) < 4.78 is 1.63. The average Bonchev–Trinajstić information content (AvgIpc) is 2.60. The van der Waals surface area contributed by atoms with Crippen LogP contribution >= 0.6 is 0 Å². The number of hydrogen-bond donors (Lipinski definition) is 1. The Labute approximate surface area is 99.6 Å². The normalized spacial score (nSPS) is 20.1. The third-order valence-electron chi connectivity index (χ3n) is 2.80. The van der Waals surface area contributed by atoms with Gasteiger partial charge in [0.2, 0.25) is 5.91 Å². The lowest BCUT2D eigenvalue weighted by atomic mass is 10.0. The molecule has 0 saturated carbocycles. The molecule has 2 rings (SSSR count). The summed E-state index contributed by atoms with van der Waals surface area (Å²) in [4.78, 5) is 25.4. The summed E-state index contributed by atoms with van der Waals surface area (Å²) in [6, 6.07) is 0. The van der Waals surface area contributed by atoms with Crippen LogP contribution in [0.15, 0.2) is 12.4 Å². The molecule has 0 unspecified atom stereocenters. The monoisotopic (exact) mass is 236 g/mol. The third kappa shape index (κ3) is 2.15. The fraction of sp³-hybridized carbons (Fsp3) is 0.545. The molecule has 1 aliphatic rings. The maximum absolute atomic E-state index is 12.3. The highest BCUT2D eigenvalue weighted by molar-refractivity contribution is 6.03. The maximum Gasteiger partial charge on any atom is 0.252 e. The van der Waals surface area contributed by atoms with Gasteiger partial charge in [-0.3, -0.25) is 14.3 Å². The van der Waals surface area contributed by atoms with Crippen molar-refractivity contribution in [2.75, 3.05) is 11.4 Å². The summed E-state index contributed by atoms with van der Waals surface area (Å²) in [5.74, 6) is -0.217. The summed E-state index contributed by atoms with van der Waals surface area (Å²) in [6.45, 7) is 3.81. The molecule has 0 radical (unpaired) electrons. The van der Waals surface area contributed by atoms with Crippen LogP contribution in [-0.2, 0) is 16.6 Å². The van der Waals surface area contributed by atoms with Crippen LogP contribution < -0.4 is 10.2 Å². The Morgan fingerprint density at radius 3 is 2.71 bits per heavy atom. The van der Waals surface area contributed by atoms with Crippen molar-refractivity contribution in [3.63, 3.8) is 0 Å². The van der Waals surface area contributed by atoms with Crippen molar-refractivity contribution in [3.8, 4) is 0 Å². The lowest BCUT2D eigenvalue weighted by Crippen LogP contribution is -2.52. The first-order valence-electron chi connectivity index (χ1n) is 5.52. The number of anilines is 1. The van der Waals surface area contributed by atoms with E-state index in [9.17, 15) is 9.59 Å². The molecule has 1 aromatic rings. The van der Waals surface area contributed by atoms with Crippen LogP contribution in [0.5, 0.6) is 0 Å². The van der Waals surface area contributed by atoms with Gasteiger partial charge in [-0.25, -0.2) is 0 Å². The average molecular weight is 236 g/mol. The number of carbonyl (C=O) groups is 2. The van der Waals surface area contributed by atoms with E-state index in [2.05, 4.69) is 10.4 Å². The molecule has 1 fully saturated rings. The molecular weight excluding hydrogens is 220 g/mol. The van der Waals surface area contributed by atoms with E-state index in [0.29, 0.717) is 13.0 Å². The molecule has 6 nitrogen and oxygen atoms in total. The smallest absolute Gasteiger partial charge is 0.252 e. The first kappa shape index (κ1) is 11.6. The second kappa shape index (κ2) is 3.87. The number of nitrogens with one attached hydrogen (secondary N) is 1. The Kier molecular flexibility index (Phi) is 2.65. The Balaban J connectivity index is 2.33. The lowest BCUT2D eigenvalue weighted by Gasteiger charge is -2.27. The third-order valence-corrected chi connectivity index (χ3v) is 2.80. The predicted molar refractivity (Wildman–Crippen MR) is 62.4 cm³/mol. The highest BCUT2D eigenvalue weighted by Gasteiger charge is 2.37. The van der Waals surface area contributed by atoms with E-state index in [4.69, 9.17) is 0 Å². The van der Waals surface area contributed by atoms with E-state index in [0.717, 1.165) is 5.69 Å². The molecule has 0 aliphatic carbocycles. The van der Waals surface area contributed by atoms with Gasteiger partial charge < -0.3 is 10.2 Å². The lowest BCUT2D eigenvalue weighted by molar-refractivity contribution is -0.128. The van der Waals surface area contributed by atoms with E-state index in [1.807, 2.05) is 0 Å². The van der Waals surface area contributed by atoms with Gasteiger partial charge in [-0.1, -0.05) is 0 Å². The van der Waals surface area contributed by atoms with Gasteiger partial charge in [-0.05, 0) is 13.8 Å². The summed E-state index contributed by atoms with van der Waals surface area (Å²) in [7, 11) is 1.79. The van der Waals surface area contributed by atoms with E-state index in [1.54, 1.807) is 42.9 Å². The zero-order valence-corrected chi connectivity index (χ0v) is 10.2. The summed E-state index contributed by atoms with van der Waals surface area (Å²) in [5.41, 5.74) is -0.147. The largest absolute Gasteiger partial charge is 0.342 e. The van der Waals surface area contributed by atoms with Crippen molar-refractivity contribution in [1.82, 2.24) is 15.1 Å². The second-order valence-corrected chi connectivity index (χ2v) is 4.75. The number of aryl methyl sites for hydroxylation is 1. The van der Waals surface area contributed by atoms with Gasteiger partial charge >= 0.3 is 0 Å². The van der Waals surface area contributed by atoms with E-state index in [1.165, 1.54) is 0 Å². The molecule has 0 spiro atoms. The SMILES string of the molecule is Cn1cc(N2CCC(=O)NC(C)(C)C2=O)cn1.